The zero-order valence-electron chi connectivity index (χ0n) is 7.90. The molecule has 0 aromatic heterocycles. The summed E-state index contributed by atoms with van der Waals surface area (Å²) in [6.07, 6.45) is 0. The maximum absolute atomic E-state index is 11.1. The fourth-order valence-electron chi connectivity index (χ4n) is 0.970. The molecule has 0 spiro atoms. The molecule has 1 aromatic rings. The lowest BCUT2D eigenvalue weighted by molar-refractivity contribution is 0.477. The topological polar surface area (TPSA) is 78.4 Å². The molecule has 0 saturated carbocycles. The Hall–Kier alpha value is -1.27. The molecule has 1 rings (SSSR count). The van der Waals surface area contributed by atoms with Crippen LogP contribution in [0.4, 0.5) is 5.69 Å². The number of benzene rings is 1. The van der Waals surface area contributed by atoms with E-state index in [-0.39, 0.29) is 11.4 Å². The fraction of sp³-hybridized carbons (Fsp3) is 0.250. The number of para-hydroxylation sites is 1. The summed E-state index contributed by atoms with van der Waals surface area (Å²) in [6.45, 7) is 1.70. The van der Waals surface area contributed by atoms with E-state index in [0.717, 1.165) is 0 Å². The maximum atomic E-state index is 11.1. The third-order valence-electron chi connectivity index (χ3n) is 1.76. The minimum Gasteiger partial charge on any atom is -0.506 e. The Kier molecular flexibility index (Phi) is 2.97. The van der Waals surface area contributed by atoms with E-state index in [0.29, 0.717) is 5.56 Å². The van der Waals surface area contributed by atoms with E-state index in [1.165, 1.54) is 13.1 Å². The fourth-order valence-corrected chi connectivity index (χ4v) is 1.61. The number of aryl methyl sites for hydroxylation is 1. The largest absolute Gasteiger partial charge is 0.506 e. The highest BCUT2D eigenvalue weighted by Gasteiger charge is 2.11. The molecule has 0 atom stereocenters. The number of aromatic hydroxyl groups is 1. The first-order chi connectivity index (χ1) is 6.46. The van der Waals surface area contributed by atoms with Crippen LogP contribution >= 0.6 is 0 Å². The molecule has 0 aliphatic heterocycles. The molecule has 78 valence electrons. The monoisotopic (exact) mass is 216 g/mol. The first-order valence-electron chi connectivity index (χ1n) is 3.96. The minimum atomic E-state index is -3.58. The Bertz CT molecular complexity index is 408. The molecule has 0 aliphatic rings. The van der Waals surface area contributed by atoms with Crippen LogP contribution in [0.5, 0.6) is 5.75 Å². The molecule has 0 amide bonds. The van der Waals surface area contributed by atoms with Gasteiger partial charge in [0.2, 0.25) is 0 Å². The Labute approximate surface area is 83.0 Å². The van der Waals surface area contributed by atoms with Crippen molar-refractivity contribution >= 4 is 15.9 Å². The molecule has 0 saturated heterocycles. The van der Waals surface area contributed by atoms with Crippen LogP contribution in [-0.2, 0) is 10.2 Å². The Morgan fingerprint density at radius 3 is 2.50 bits per heavy atom. The van der Waals surface area contributed by atoms with E-state index < -0.39 is 10.2 Å². The van der Waals surface area contributed by atoms with Crippen LogP contribution in [0.1, 0.15) is 5.56 Å². The van der Waals surface area contributed by atoms with Gasteiger partial charge in [-0.15, -0.1) is 0 Å². The maximum Gasteiger partial charge on any atom is 0.298 e. The van der Waals surface area contributed by atoms with Crippen LogP contribution < -0.4 is 9.44 Å². The van der Waals surface area contributed by atoms with Crippen molar-refractivity contribution < 1.29 is 13.5 Å². The summed E-state index contributed by atoms with van der Waals surface area (Å²) < 4.78 is 26.6. The van der Waals surface area contributed by atoms with Gasteiger partial charge in [0.25, 0.3) is 10.2 Å². The van der Waals surface area contributed by atoms with Crippen molar-refractivity contribution in [3.05, 3.63) is 23.8 Å². The molecular formula is C8H12N2O3S. The molecule has 14 heavy (non-hydrogen) atoms. The smallest absolute Gasteiger partial charge is 0.298 e. The molecule has 5 nitrogen and oxygen atoms in total. The van der Waals surface area contributed by atoms with Gasteiger partial charge in [-0.25, -0.2) is 4.72 Å². The first-order valence-corrected chi connectivity index (χ1v) is 5.44. The lowest BCUT2D eigenvalue weighted by Crippen LogP contribution is -2.26. The van der Waals surface area contributed by atoms with E-state index in [4.69, 9.17) is 0 Å². The van der Waals surface area contributed by atoms with Gasteiger partial charge in [0, 0.05) is 7.05 Å². The molecule has 0 aliphatic carbocycles. The van der Waals surface area contributed by atoms with Gasteiger partial charge in [-0.1, -0.05) is 12.1 Å². The molecule has 1 aromatic carbocycles. The highest BCUT2D eigenvalue weighted by Crippen LogP contribution is 2.26. The predicted molar refractivity (Wildman–Crippen MR) is 54.4 cm³/mol. The van der Waals surface area contributed by atoms with Crippen LogP contribution in [0.15, 0.2) is 18.2 Å². The molecule has 0 heterocycles. The van der Waals surface area contributed by atoms with Crippen LogP contribution in [-0.4, -0.2) is 20.6 Å². The SMILES string of the molecule is CNS(=O)(=O)Nc1c(C)cccc1O. The second kappa shape index (κ2) is 3.85. The van der Waals surface area contributed by atoms with E-state index in [2.05, 4.69) is 9.44 Å². The van der Waals surface area contributed by atoms with Crippen LogP contribution in [0.25, 0.3) is 0 Å². The summed E-state index contributed by atoms with van der Waals surface area (Å²) in [5, 5.41) is 9.40. The third-order valence-corrected chi connectivity index (χ3v) is 2.77. The Morgan fingerprint density at radius 2 is 2.00 bits per heavy atom. The second-order valence-electron chi connectivity index (χ2n) is 2.78. The third kappa shape index (κ3) is 2.36. The van der Waals surface area contributed by atoms with Gasteiger partial charge in [-0.05, 0) is 18.6 Å². The lowest BCUT2D eigenvalue weighted by Gasteiger charge is -2.10. The second-order valence-corrected chi connectivity index (χ2v) is 4.40. The van der Waals surface area contributed by atoms with Gasteiger partial charge in [0.1, 0.15) is 5.75 Å². The van der Waals surface area contributed by atoms with Crippen molar-refractivity contribution in [3.63, 3.8) is 0 Å². The van der Waals surface area contributed by atoms with E-state index >= 15 is 0 Å². The first kappa shape index (κ1) is 10.8. The van der Waals surface area contributed by atoms with Crippen LogP contribution in [0.3, 0.4) is 0 Å². The van der Waals surface area contributed by atoms with E-state index in [9.17, 15) is 13.5 Å². The standard InChI is InChI=1S/C8H12N2O3S/c1-6-4-3-5-7(11)8(6)10-14(12,13)9-2/h3-5,9-11H,1-2H3. The number of hydrogen-bond donors (Lipinski definition) is 3. The van der Waals surface area contributed by atoms with Crippen molar-refractivity contribution in [1.82, 2.24) is 4.72 Å². The summed E-state index contributed by atoms with van der Waals surface area (Å²) in [5.41, 5.74) is 0.852. The van der Waals surface area contributed by atoms with Crippen molar-refractivity contribution in [2.24, 2.45) is 0 Å². The summed E-state index contributed by atoms with van der Waals surface area (Å²) >= 11 is 0. The molecule has 3 N–H and O–H groups in total. The van der Waals surface area contributed by atoms with Crippen LogP contribution in [0, 0.1) is 6.92 Å². The number of phenolic OH excluding ortho intramolecular Hbond substituents is 1. The van der Waals surface area contributed by atoms with Gasteiger partial charge < -0.3 is 5.11 Å². The zero-order chi connectivity index (χ0) is 10.8. The Morgan fingerprint density at radius 1 is 1.36 bits per heavy atom. The highest BCUT2D eigenvalue weighted by atomic mass is 32.2. The van der Waals surface area contributed by atoms with Gasteiger partial charge in [-0.2, -0.15) is 8.42 Å². The molecule has 0 unspecified atom stereocenters. The molecule has 0 fully saturated rings. The van der Waals surface area contributed by atoms with Crippen LogP contribution in [0.2, 0.25) is 0 Å². The van der Waals surface area contributed by atoms with Gasteiger partial charge in [0.05, 0.1) is 5.69 Å². The number of hydrogen-bond acceptors (Lipinski definition) is 3. The highest BCUT2D eigenvalue weighted by molar-refractivity contribution is 7.90. The zero-order valence-corrected chi connectivity index (χ0v) is 8.72. The number of phenols is 1. The van der Waals surface area contributed by atoms with Crippen molar-refractivity contribution in [3.8, 4) is 5.75 Å². The average molecular weight is 216 g/mol. The van der Waals surface area contributed by atoms with E-state index in [1.54, 1.807) is 19.1 Å². The summed E-state index contributed by atoms with van der Waals surface area (Å²) in [5.74, 6) is -0.0937. The van der Waals surface area contributed by atoms with Gasteiger partial charge >= 0.3 is 0 Å². The van der Waals surface area contributed by atoms with Crippen molar-refractivity contribution in [2.75, 3.05) is 11.8 Å². The average Bonchev–Trinajstić information content (AvgIpc) is 2.12. The minimum absolute atomic E-state index is 0.0937. The number of nitrogens with one attached hydrogen (secondary N) is 2. The van der Waals surface area contributed by atoms with Crippen molar-refractivity contribution in [1.29, 1.82) is 0 Å². The lowest BCUT2D eigenvalue weighted by atomic mass is 10.2. The quantitative estimate of drug-likeness (QED) is 0.646. The normalized spacial score (nSPS) is 11.3. The number of anilines is 1. The van der Waals surface area contributed by atoms with E-state index in [1.807, 2.05) is 0 Å². The van der Waals surface area contributed by atoms with Gasteiger partial charge in [-0.3, -0.25) is 4.72 Å². The molecular weight excluding hydrogens is 204 g/mol. The predicted octanol–water partition coefficient (Wildman–Crippen LogP) is 0.577. The summed E-state index contributed by atoms with van der Waals surface area (Å²) in [7, 11) is -2.29. The molecule has 0 bridgehead atoms. The molecule has 0 radical (unpaired) electrons. The van der Waals surface area contributed by atoms with Gasteiger partial charge in [0.15, 0.2) is 0 Å². The van der Waals surface area contributed by atoms with Crippen molar-refractivity contribution in [2.45, 2.75) is 6.92 Å². The Balaban J connectivity index is 3.09. The number of rotatable bonds is 3. The summed E-state index contributed by atoms with van der Waals surface area (Å²) in [4.78, 5) is 0. The summed E-state index contributed by atoms with van der Waals surface area (Å²) in [6, 6.07) is 4.76. The molecule has 6 heteroatoms.